The van der Waals surface area contributed by atoms with Gasteiger partial charge >= 0.3 is 46.8 Å². The predicted octanol–water partition coefficient (Wildman–Crippen LogP) is -2.40. The van der Waals surface area contributed by atoms with E-state index < -0.39 is 27.9 Å². The van der Waals surface area contributed by atoms with E-state index in [0.29, 0.717) is 0 Å². The topological polar surface area (TPSA) is 110 Å². The van der Waals surface area contributed by atoms with Gasteiger partial charge in [0.25, 0.3) is 0 Å². The van der Waals surface area contributed by atoms with Gasteiger partial charge in [-0.15, -0.1) is 0 Å². The molecule has 0 saturated carbocycles. The van der Waals surface area contributed by atoms with Crippen LogP contribution in [0.4, 0.5) is 0 Å². The molecular weight excluding hydrogens is 185 g/mol. The first kappa shape index (κ1) is 14.2. The first-order chi connectivity index (χ1) is 5.07. The Balaban J connectivity index is 0. The van der Waals surface area contributed by atoms with E-state index in [2.05, 4.69) is 9.18 Å². The van der Waals surface area contributed by atoms with Gasteiger partial charge in [-0.25, -0.2) is 14.2 Å². The molecule has 0 amide bonds. The van der Waals surface area contributed by atoms with Crippen molar-refractivity contribution in [3.63, 3.8) is 0 Å². The van der Waals surface area contributed by atoms with E-state index in [1.807, 2.05) is 0 Å². The van der Waals surface area contributed by atoms with E-state index in [1.54, 1.807) is 0 Å². The van der Waals surface area contributed by atoms with Crippen molar-refractivity contribution in [2.75, 3.05) is 0 Å². The molecule has 0 aromatic rings. The molecule has 0 heterocycles. The average Bonchev–Trinajstić information content (AvgIpc) is 1.86. The van der Waals surface area contributed by atoms with Gasteiger partial charge in [0.05, 0.1) is 0 Å². The Morgan fingerprint density at radius 1 is 1.25 bits per heavy atom. The minimum absolute atomic E-state index is 0. The van der Waals surface area contributed by atoms with Crippen LogP contribution in [0.25, 0.3) is 0 Å². The normalized spacial score (nSPS) is 8.17. The SMILES string of the molecule is O=POC(=O)C(=O)OB(O)O.[LiH]. The maximum absolute atomic E-state index is 10.2. The van der Waals surface area contributed by atoms with Crippen molar-refractivity contribution < 1.29 is 33.4 Å². The van der Waals surface area contributed by atoms with Crippen LogP contribution in [-0.4, -0.2) is 48.2 Å². The summed E-state index contributed by atoms with van der Waals surface area (Å²) in [6.45, 7) is 0. The summed E-state index contributed by atoms with van der Waals surface area (Å²) in [6, 6.07) is 0. The molecule has 10 heteroatoms. The van der Waals surface area contributed by atoms with E-state index in [-0.39, 0.29) is 18.9 Å². The molecule has 0 radical (unpaired) electrons. The molecule has 0 aliphatic rings. The van der Waals surface area contributed by atoms with Crippen molar-refractivity contribution in [3.8, 4) is 0 Å². The van der Waals surface area contributed by atoms with Crippen molar-refractivity contribution in [1.29, 1.82) is 0 Å². The molecule has 0 aromatic carbocycles. The fourth-order valence-corrected chi connectivity index (χ4v) is 0.357. The van der Waals surface area contributed by atoms with Gasteiger partial charge in [-0.3, -0.25) is 0 Å². The van der Waals surface area contributed by atoms with Crippen LogP contribution in [0.15, 0.2) is 0 Å². The molecule has 0 aliphatic carbocycles. The zero-order valence-electron chi connectivity index (χ0n) is 4.96. The number of hydrogen-bond acceptors (Lipinski definition) is 7. The molecule has 0 fully saturated rings. The van der Waals surface area contributed by atoms with E-state index in [1.165, 1.54) is 0 Å². The summed E-state index contributed by atoms with van der Waals surface area (Å²) >= 11 is 0. The van der Waals surface area contributed by atoms with Crippen molar-refractivity contribution in [2.24, 2.45) is 0 Å². The van der Waals surface area contributed by atoms with E-state index >= 15 is 0 Å². The second-order valence-corrected chi connectivity index (χ2v) is 1.52. The fraction of sp³-hybridized carbons (Fsp3) is 0. The molecule has 7 nitrogen and oxygen atoms in total. The third kappa shape index (κ3) is 6.34. The van der Waals surface area contributed by atoms with Gasteiger partial charge in [-0.05, 0) is 0 Å². The Morgan fingerprint density at radius 3 is 2.08 bits per heavy atom. The molecular formula is C2H3BLiO7P. The summed E-state index contributed by atoms with van der Waals surface area (Å²) in [5.41, 5.74) is 0. The summed E-state index contributed by atoms with van der Waals surface area (Å²) in [6.07, 6.45) is 0. The van der Waals surface area contributed by atoms with Crippen LogP contribution in [0.5, 0.6) is 0 Å². The molecule has 0 spiro atoms. The van der Waals surface area contributed by atoms with Crippen LogP contribution in [0.2, 0.25) is 0 Å². The van der Waals surface area contributed by atoms with Crippen molar-refractivity contribution in [3.05, 3.63) is 0 Å². The average molecular weight is 188 g/mol. The molecule has 0 saturated heterocycles. The predicted molar refractivity (Wildman–Crippen MR) is 37.1 cm³/mol. The first-order valence-electron chi connectivity index (χ1n) is 2.18. The van der Waals surface area contributed by atoms with Crippen molar-refractivity contribution >= 4 is 46.8 Å². The van der Waals surface area contributed by atoms with Crippen LogP contribution in [0.3, 0.4) is 0 Å². The second-order valence-electron chi connectivity index (χ2n) is 1.18. The van der Waals surface area contributed by atoms with E-state index in [4.69, 9.17) is 10.0 Å². The minimum atomic E-state index is -2.39. The Labute approximate surface area is 80.7 Å². The Hall–Kier alpha value is -0.378. The Bertz CT molecular complexity index is 182. The van der Waals surface area contributed by atoms with Crippen LogP contribution in [0.1, 0.15) is 0 Å². The first-order valence-corrected chi connectivity index (χ1v) is 2.91. The van der Waals surface area contributed by atoms with Crippen LogP contribution in [-0.2, 0) is 23.3 Å². The second kappa shape index (κ2) is 7.28. The molecule has 0 rings (SSSR count). The standard InChI is InChI=1S/C2H2BO7P.Li.H/c4-1(9-3(6)7)2(5)10-11-8;;/h6-7H;;. The summed E-state index contributed by atoms with van der Waals surface area (Å²) in [4.78, 5) is 20.3. The van der Waals surface area contributed by atoms with Gasteiger partial charge in [-0.2, -0.15) is 0 Å². The van der Waals surface area contributed by atoms with E-state index in [0.717, 1.165) is 0 Å². The number of carbonyl (C=O) groups excluding carboxylic acids is 2. The third-order valence-corrected chi connectivity index (χ3v) is 0.740. The number of rotatable bonds is 2. The van der Waals surface area contributed by atoms with Crippen molar-refractivity contribution in [2.45, 2.75) is 0 Å². The Morgan fingerprint density at radius 2 is 1.75 bits per heavy atom. The van der Waals surface area contributed by atoms with Gasteiger partial charge in [0.2, 0.25) is 0 Å². The number of carbonyl (C=O) groups is 2. The zero-order valence-corrected chi connectivity index (χ0v) is 5.85. The van der Waals surface area contributed by atoms with E-state index in [9.17, 15) is 14.2 Å². The molecule has 12 heavy (non-hydrogen) atoms. The van der Waals surface area contributed by atoms with Gasteiger partial charge in [0.1, 0.15) is 0 Å². The molecule has 0 unspecified atom stereocenters. The summed E-state index contributed by atoms with van der Waals surface area (Å²) < 4.78 is 16.6. The zero-order chi connectivity index (χ0) is 8.85. The third-order valence-electron chi connectivity index (χ3n) is 0.499. The van der Waals surface area contributed by atoms with Gasteiger partial charge < -0.3 is 19.2 Å². The molecule has 62 valence electrons. The number of hydrogen-bond donors (Lipinski definition) is 2. The van der Waals surface area contributed by atoms with Crippen LogP contribution < -0.4 is 0 Å². The maximum atomic E-state index is 10.2. The Kier molecular flexibility index (Phi) is 8.59. The summed E-state index contributed by atoms with van der Waals surface area (Å²) in [7, 11) is -3.41. The summed E-state index contributed by atoms with van der Waals surface area (Å²) in [5, 5.41) is 15.9. The molecule has 0 atom stereocenters. The van der Waals surface area contributed by atoms with Crippen molar-refractivity contribution in [1.82, 2.24) is 0 Å². The van der Waals surface area contributed by atoms with Gasteiger partial charge in [0, 0.05) is 0 Å². The van der Waals surface area contributed by atoms with Crippen LogP contribution >= 0.6 is 8.69 Å². The quantitative estimate of drug-likeness (QED) is 0.282. The summed E-state index contributed by atoms with van der Waals surface area (Å²) in [5.74, 6) is -3.21. The van der Waals surface area contributed by atoms with Crippen LogP contribution in [0, 0.1) is 0 Å². The molecule has 0 aromatic heterocycles. The molecule has 0 bridgehead atoms. The fourth-order valence-electron chi connectivity index (χ4n) is 0.215. The van der Waals surface area contributed by atoms with Gasteiger partial charge in [0.15, 0.2) is 0 Å². The monoisotopic (exact) mass is 188 g/mol. The molecule has 0 aliphatic heterocycles. The van der Waals surface area contributed by atoms with Gasteiger partial charge in [-0.1, -0.05) is 0 Å². The molecule has 2 N–H and O–H groups in total.